The van der Waals surface area contributed by atoms with E-state index in [0.29, 0.717) is 30.2 Å². The summed E-state index contributed by atoms with van der Waals surface area (Å²) in [5, 5.41) is 7.34. The fourth-order valence-electron chi connectivity index (χ4n) is 4.70. The van der Waals surface area contributed by atoms with Crippen molar-refractivity contribution in [2.75, 3.05) is 18.4 Å². The van der Waals surface area contributed by atoms with Gasteiger partial charge in [0.1, 0.15) is 11.5 Å². The van der Waals surface area contributed by atoms with Crippen LogP contribution in [0, 0.1) is 0 Å². The fourth-order valence-corrected chi connectivity index (χ4v) is 6.22. The lowest BCUT2D eigenvalue weighted by Gasteiger charge is -2.25. The number of benzene rings is 2. The molecule has 0 spiro atoms. The van der Waals surface area contributed by atoms with Gasteiger partial charge in [-0.05, 0) is 49.2 Å². The number of carbonyl (C=O) groups is 1. The van der Waals surface area contributed by atoms with Crippen molar-refractivity contribution >= 4 is 21.7 Å². The molecule has 11 nitrogen and oxygen atoms in total. The van der Waals surface area contributed by atoms with Crippen LogP contribution in [0.25, 0.3) is 28.7 Å². The van der Waals surface area contributed by atoms with Gasteiger partial charge in [-0.15, -0.1) is 0 Å². The van der Waals surface area contributed by atoms with Crippen molar-refractivity contribution in [3.63, 3.8) is 0 Å². The molecule has 1 saturated heterocycles. The Balaban J connectivity index is 1.32. The number of furan rings is 1. The number of aromatic amines is 1. The Bertz CT molecular complexity index is 1840. The Morgan fingerprint density at radius 1 is 0.902 bits per heavy atom. The van der Waals surface area contributed by atoms with Crippen LogP contribution in [0.2, 0.25) is 0 Å². The van der Waals surface area contributed by atoms with Crippen LogP contribution in [-0.2, 0) is 10.0 Å². The summed E-state index contributed by atoms with van der Waals surface area (Å²) < 4.78 is 34.3. The third kappa shape index (κ3) is 5.47. The minimum atomic E-state index is -3.62. The second kappa shape index (κ2) is 11.0. The molecule has 0 unspecified atom stereocenters. The number of sulfonamides is 1. The van der Waals surface area contributed by atoms with Gasteiger partial charge in [-0.3, -0.25) is 14.6 Å². The van der Waals surface area contributed by atoms with E-state index in [1.807, 2.05) is 30.3 Å². The van der Waals surface area contributed by atoms with Gasteiger partial charge in [-0.25, -0.2) is 13.4 Å². The molecule has 2 aromatic carbocycles. The maximum Gasteiger partial charge on any atom is 0.256 e. The molecule has 1 fully saturated rings. The highest BCUT2D eigenvalue weighted by atomic mass is 32.2. The standard InChI is InChI=1S/C29H26N6O5S/c36-27-19-23(20-8-3-1-4-9-20)30-29(32-27)35-26(18-24(33-35)25-10-7-17-40-25)31-28(37)21-11-13-22(14-12-21)41(38,39)34-15-5-2-6-16-34/h1,3-4,7-14,17-19H,2,5-6,15-16H2,(H,31,37)(H,30,32,36). The second-order valence-corrected chi connectivity index (χ2v) is 11.5. The van der Waals surface area contributed by atoms with Gasteiger partial charge in [0, 0.05) is 36.3 Å². The molecule has 2 N–H and O–H groups in total. The van der Waals surface area contributed by atoms with Crippen molar-refractivity contribution < 1.29 is 17.6 Å². The number of nitrogens with zero attached hydrogens (tertiary/aromatic N) is 4. The van der Waals surface area contributed by atoms with Gasteiger partial charge in [-0.2, -0.15) is 14.1 Å². The Labute approximate surface area is 235 Å². The first-order chi connectivity index (χ1) is 19.9. The summed E-state index contributed by atoms with van der Waals surface area (Å²) in [6, 6.07) is 21.4. The summed E-state index contributed by atoms with van der Waals surface area (Å²) in [6.07, 6.45) is 4.19. The Hall–Kier alpha value is -4.81. The SMILES string of the molecule is O=C(Nc1cc(-c2ccco2)nn1-c1nc(-c2ccccc2)cc(=O)[nH]1)c1ccc(S(=O)(=O)N2CCCCC2)cc1. The van der Waals surface area contributed by atoms with Crippen LogP contribution in [0.5, 0.6) is 0 Å². The molecule has 0 radical (unpaired) electrons. The second-order valence-electron chi connectivity index (χ2n) is 9.57. The summed E-state index contributed by atoms with van der Waals surface area (Å²) in [4.78, 5) is 33.3. The van der Waals surface area contributed by atoms with E-state index in [0.717, 1.165) is 24.8 Å². The van der Waals surface area contributed by atoms with E-state index >= 15 is 0 Å². The topological polar surface area (TPSA) is 143 Å². The lowest BCUT2D eigenvalue weighted by molar-refractivity contribution is 0.102. The number of anilines is 1. The number of H-pyrrole nitrogens is 1. The third-order valence-electron chi connectivity index (χ3n) is 6.79. The van der Waals surface area contributed by atoms with E-state index in [4.69, 9.17) is 4.42 Å². The number of nitrogens with one attached hydrogen (secondary N) is 2. The van der Waals surface area contributed by atoms with Crippen molar-refractivity contribution in [3.8, 4) is 28.7 Å². The number of hydrogen-bond donors (Lipinski definition) is 2. The highest BCUT2D eigenvalue weighted by Gasteiger charge is 2.26. The molecule has 12 heteroatoms. The zero-order chi connectivity index (χ0) is 28.4. The van der Waals surface area contributed by atoms with Gasteiger partial charge in [0.25, 0.3) is 11.5 Å². The van der Waals surface area contributed by atoms with Crippen molar-refractivity contribution in [1.82, 2.24) is 24.1 Å². The molecule has 1 amide bonds. The predicted octanol–water partition coefficient (Wildman–Crippen LogP) is 4.31. The molecule has 1 aliphatic heterocycles. The van der Waals surface area contributed by atoms with Crippen molar-refractivity contribution in [2.45, 2.75) is 24.2 Å². The van der Waals surface area contributed by atoms with Gasteiger partial charge in [0.2, 0.25) is 16.0 Å². The molecule has 5 aromatic rings. The van der Waals surface area contributed by atoms with E-state index < -0.39 is 21.5 Å². The predicted molar refractivity (Wildman–Crippen MR) is 152 cm³/mol. The highest BCUT2D eigenvalue weighted by molar-refractivity contribution is 7.89. The summed E-state index contributed by atoms with van der Waals surface area (Å²) in [7, 11) is -3.62. The quantitative estimate of drug-likeness (QED) is 0.297. The molecule has 208 valence electrons. The molecule has 3 aromatic heterocycles. The minimum Gasteiger partial charge on any atom is -0.463 e. The third-order valence-corrected chi connectivity index (χ3v) is 8.71. The van der Waals surface area contributed by atoms with Gasteiger partial charge < -0.3 is 9.73 Å². The summed E-state index contributed by atoms with van der Waals surface area (Å²) in [6.45, 7) is 0.988. The molecular formula is C29H26N6O5S. The number of amides is 1. The van der Waals surface area contributed by atoms with Crippen LogP contribution in [0.3, 0.4) is 0 Å². The molecule has 41 heavy (non-hydrogen) atoms. The maximum absolute atomic E-state index is 13.3. The van der Waals surface area contributed by atoms with Gasteiger partial charge in [0.05, 0.1) is 16.9 Å². The lowest BCUT2D eigenvalue weighted by atomic mass is 10.1. The van der Waals surface area contributed by atoms with Crippen molar-refractivity contribution in [1.29, 1.82) is 0 Å². The summed E-state index contributed by atoms with van der Waals surface area (Å²) in [5.74, 6) is 0.265. The highest BCUT2D eigenvalue weighted by Crippen LogP contribution is 2.26. The van der Waals surface area contributed by atoms with Crippen LogP contribution >= 0.6 is 0 Å². The first-order valence-corrected chi connectivity index (χ1v) is 14.6. The first kappa shape index (κ1) is 26.4. The molecule has 4 heterocycles. The average Bonchev–Trinajstić information content (AvgIpc) is 3.69. The van der Waals surface area contributed by atoms with Crippen LogP contribution in [0.15, 0.2) is 99.2 Å². The lowest BCUT2D eigenvalue weighted by Crippen LogP contribution is -2.35. The molecule has 1 aliphatic rings. The van der Waals surface area contributed by atoms with Crippen LogP contribution < -0.4 is 10.9 Å². The van der Waals surface area contributed by atoms with E-state index in [9.17, 15) is 18.0 Å². The first-order valence-electron chi connectivity index (χ1n) is 13.1. The summed E-state index contributed by atoms with van der Waals surface area (Å²) >= 11 is 0. The molecule has 0 aliphatic carbocycles. The largest absolute Gasteiger partial charge is 0.463 e. The number of rotatable bonds is 7. The van der Waals surface area contributed by atoms with Crippen LogP contribution in [0.1, 0.15) is 29.6 Å². The average molecular weight is 571 g/mol. The minimum absolute atomic E-state index is 0.0902. The Morgan fingerprint density at radius 3 is 2.37 bits per heavy atom. The van der Waals surface area contributed by atoms with Crippen LogP contribution in [-0.4, -0.2) is 51.5 Å². The molecule has 0 saturated carbocycles. The van der Waals surface area contributed by atoms with Gasteiger partial charge in [0.15, 0.2) is 5.76 Å². The fraction of sp³-hybridized carbons (Fsp3) is 0.172. The maximum atomic E-state index is 13.3. The number of aromatic nitrogens is 4. The normalized spacial score (nSPS) is 14.1. The van der Waals surface area contributed by atoms with E-state index in [1.54, 1.807) is 18.2 Å². The van der Waals surface area contributed by atoms with E-state index in [1.165, 1.54) is 45.6 Å². The smallest absolute Gasteiger partial charge is 0.256 e. The number of carbonyl (C=O) groups excluding carboxylic acids is 1. The zero-order valence-electron chi connectivity index (χ0n) is 21.9. The molecule has 0 atom stereocenters. The van der Waals surface area contributed by atoms with E-state index in [-0.39, 0.29) is 22.2 Å². The zero-order valence-corrected chi connectivity index (χ0v) is 22.7. The van der Waals surface area contributed by atoms with E-state index in [2.05, 4.69) is 20.4 Å². The van der Waals surface area contributed by atoms with Crippen LogP contribution in [0.4, 0.5) is 5.82 Å². The molecule has 0 bridgehead atoms. The van der Waals surface area contributed by atoms with Gasteiger partial charge >= 0.3 is 0 Å². The van der Waals surface area contributed by atoms with Crippen molar-refractivity contribution in [3.05, 3.63) is 101 Å². The number of piperidine rings is 1. The number of hydrogen-bond acceptors (Lipinski definition) is 7. The summed E-state index contributed by atoms with van der Waals surface area (Å²) in [5.41, 5.74) is 1.42. The Morgan fingerprint density at radius 2 is 1.66 bits per heavy atom. The van der Waals surface area contributed by atoms with Crippen molar-refractivity contribution in [2.24, 2.45) is 0 Å². The Kier molecular flexibility index (Phi) is 7.08. The van der Waals surface area contributed by atoms with Gasteiger partial charge in [-0.1, -0.05) is 36.8 Å². The monoisotopic (exact) mass is 570 g/mol. The molecular weight excluding hydrogens is 544 g/mol. The molecule has 6 rings (SSSR count).